The van der Waals surface area contributed by atoms with E-state index in [1.807, 2.05) is 35.1 Å². The van der Waals surface area contributed by atoms with Crippen LogP contribution in [0.3, 0.4) is 0 Å². The lowest BCUT2D eigenvalue weighted by atomic mass is 10.0. The van der Waals surface area contributed by atoms with E-state index >= 15 is 0 Å². The number of nitrogens with zero attached hydrogens (tertiary/aromatic N) is 4. The summed E-state index contributed by atoms with van der Waals surface area (Å²) >= 11 is 0. The number of aromatic nitrogens is 2. The molecule has 1 aromatic heterocycles. The molecule has 2 aliphatic heterocycles. The Bertz CT molecular complexity index is 744. The molecule has 0 atom stereocenters. The Kier molecular flexibility index (Phi) is 5.37. The van der Waals surface area contributed by atoms with Gasteiger partial charge in [0.15, 0.2) is 0 Å². The molecule has 0 bridgehead atoms. The lowest BCUT2D eigenvalue weighted by Crippen LogP contribution is -2.36. The second-order valence-corrected chi connectivity index (χ2v) is 7.20. The highest BCUT2D eigenvalue weighted by Gasteiger charge is 2.17. The van der Waals surface area contributed by atoms with Crippen LogP contribution in [0.4, 0.5) is 0 Å². The van der Waals surface area contributed by atoms with Gasteiger partial charge >= 0.3 is 0 Å². The first kappa shape index (κ1) is 17.3. The summed E-state index contributed by atoms with van der Waals surface area (Å²) in [5.41, 5.74) is 3.71. The molecule has 0 unspecified atom stereocenters. The fraction of sp³-hybridized carbons (Fsp3) is 0.476. The number of likely N-dealkylation sites (tertiary alicyclic amines) is 1. The van der Waals surface area contributed by atoms with Crippen LogP contribution in [-0.4, -0.2) is 66.0 Å². The summed E-state index contributed by atoms with van der Waals surface area (Å²) in [5.74, 6) is 0.866. The topological polar surface area (TPSA) is 33.5 Å². The highest BCUT2D eigenvalue weighted by atomic mass is 16.5. The molecule has 5 nitrogen and oxygen atoms in total. The van der Waals surface area contributed by atoms with E-state index in [0.29, 0.717) is 0 Å². The molecule has 1 saturated heterocycles. The molecule has 3 heterocycles. The molecule has 0 spiro atoms. The Hall–Kier alpha value is -2.11. The lowest BCUT2D eigenvalue weighted by molar-refractivity contribution is 0.240. The van der Waals surface area contributed by atoms with Gasteiger partial charge < -0.3 is 9.64 Å². The van der Waals surface area contributed by atoms with Gasteiger partial charge in [-0.05, 0) is 62.2 Å². The van der Waals surface area contributed by atoms with E-state index in [9.17, 15) is 0 Å². The molecule has 0 amide bonds. The van der Waals surface area contributed by atoms with Crippen molar-refractivity contribution in [2.45, 2.75) is 19.3 Å². The maximum atomic E-state index is 5.22. The first-order valence-electron chi connectivity index (χ1n) is 9.65. The SMILES string of the molecule is COc1ccc(-n2cc(C3=CCN(CCN4CCCC4)CC3)cn2)cc1. The summed E-state index contributed by atoms with van der Waals surface area (Å²) in [4.78, 5) is 5.16. The third kappa shape index (κ3) is 4.00. The van der Waals surface area contributed by atoms with Crippen LogP contribution in [-0.2, 0) is 0 Å². The lowest BCUT2D eigenvalue weighted by Gasteiger charge is -2.28. The molecule has 0 saturated carbocycles. The zero-order valence-electron chi connectivity index (χ0n) is 15.6. The van der Waals surface area contributed by atoms with Gasteiger partial charge in [0.1, 0.15) is 5.75 Å². The van der Waals surface area contributed by atoms with Crippen molar-refractivity contribution in [2.75, 3.05) is 46.4 Å². The van der Waals surface area contributed by atoms with Crippen LogP contribution < -0.4 is 4.74 Å². The predicted molar refractivity (Wildman–Crippen MR) is 105 cm³/mol. The first-order valence-corrected chi connectivity index (χ1v) is 9.65. The Morgan fingerprint density at radius 3 is 2.46 bits per heavy atom. The van der Waals surface area contributed by atoms with Gasteiger partial charge in [-0.1, -0.05) is 6.08 Å². The van der Waals surface area contributed by atoms with E-state index in [0.717, 1.165) is 30.9 Å². The van der Waals surface area contributed by atoms with Crippen molar-refractivity contribution < 1.29 is 4.74 Å². The molecule has 2 aliphatic rings. The van der Waals surface area contributed by atoms with Crippen molar-refractivity contribution >= 4 is 5.57 Å². The van der Waals surface area contributed by atoms with E-state index in [1.54, 1.807) is 7.11 Å². The van der Waals surface area contributed by atoms with E-state index in [-0.39, 0.29) is 0 Å². The number of rotatable bonds is 6. The van der Waals surface area contributed by atoms with Crippen molar-refractivity contribution in [3.05, 3.63) is 48.3 Å². The molecule has 0 radical (unpaired) electrons. The third-order valence-electron chi connectivity index (χ3n) is 5.51. The summed E-state index contributed by atoms with van der Waals surface area (Å²) in [6, 6.07) is 8.00. The van der Waals surface area contributed by atoms with E-state index in [4.69, 9.17) is 4.74 Å². The van der Waals surface area contributed by atoms with Gasteiger partial charge in [-0.3, -0.25) is 4.90 Å². The number of methoxy groups -OCH3 is 1. The number of benzene rings is 1. The van der Waals surface area contributed by atoms with Gasteiger partial charge in [0.05, 0.1) is 19.0 Å². The molecule has 2 aromatic rings. The van der Waals surface area contributed by atoms with Gasteiger partial charge in [0.25, 0.3) is 0 Å². The molecule has 1 fully saturated rings. The smallest absolute Gasteiger partial charge is 0.119 e. The summed E-state index contributed by atoms with van der Waals surface area (Å²) in [5, 5.41) is 4.54. The highest BCUT2D eigenvalue weighted by Crippen LogP contribution is 2.23. The van der Waals surface area contributed by atoms with Crippen molar-refractivity contribution in [1.82, 2.24) is 19.6 Å². The maximum absolute atomic E-state index is 5.22. The minimum Gasteiger partial charge on any atom is -0.497 e. The van der Waals surface area contributed by atoms with Gasteiger partial charge in [-0.15, -0.1) is 0 Å². The Labute approximate surface area is 155 Å². The Morgan fingerprint density at radius 1 is 1.00 bits per heavy atom. The molecule has 1 aromatic carbocycles. The van der Waals surface area contributed by atoms with Crippen LogP contribution in [0.15, 0.2) is 42.7 Å². The molecule has 138 valence electrons. The summed E-state index contributed by atoms with van der Waals surface area (Å²) in [6.45, 7) is 7.19. The largest absolute Gasteiger partial charge is 0.497 e. The van der Waals surface area contributed by atoms with Crippen LogP contribution in [0.5, 0.6) is 5.75 Å². The van der Waals surface area contributed by atoms with Crippen LogP contribution >= 0.6 is 0 Å². The Morgan fingerprint density at radius 2 is 1.77 bits per heavy atom. The molecule has 26 heavy (non-hydrogen) atoms. The fourth-order valence-electron chi connectivity index (χ4n) is 3.83. The van der Waals surface area contributed by atoms with Crippen LogP contribution in [0.2, 0.25) is 0 Å². The minimum atomic E-state index is 0.866. The summed E-state index contributed by atoms with van der Waals surface area (Å²) in [7, 11) is 1.69. The molecule has 4 rings (SSSR count). The fourth-order valence-corrected chi connectivity index (χ4v) is 3.83. The van der Waals surface area contributed by atoms with E-state index in [2.05, 4.69) is 27.2 Å². The monoisotopic (exact) mass is 352 g/mol. The molecule has 0 N–H and O–H groups in total. The number of ether oxygens (including phenoxy) is 1. The maximum Gasteiger partial charge on any atom is 0.119 e. The Balaban J connectivity index is 1.35. The highest BCUT2D eigenvalue weighted by molar-refractivity contribution is 5.65. The minimum absolute atomic E-state index is 0.866. The second kappa shape index (κ2) is 8.06. The summed E-state index contributed by atoms with van der Waals surface area (Å²) < 4.78 is 7.16. The predicted octanol–water partition coefficient (Wildman–Crippen LogP) is 3.07. The zero-order valence-corrected chi connectivity index (χ0v) is 15.6. The molecular weight excluding hydrogens is 324 g/mol. The quantitative estimate of drug-likeness (QED) is 0.800. The van der Waals surface area contributed by atoms with Gasteiger partial charge in [0.2, 0.25) is 0 Å². The zero-order chi connectivity index (χ0) is 17.8. The normalized spacial score (nSPS) is 18.9. The van der Waals surface area contributed by atoms with Crippen molar-refractivity contribution in [2.24, 2.45) is 0 Å². The molecular formula is C21H28N4O. The average molecular weight is 352 g/mol. The molecule has 0 aliphatic carbocycles. The van der Waals surface area contributed by atoms with E-state index in [1.165, 1.54) is 50.2 Å². The third-order valence-corrected chi connectivity index (χ3v) is 5.51. The van der Waals surface area contributed by atoms with Gasteiger partial charge in [-0.2, -0.15) is 5.10 Å². The molecule has 5 heteroatoms. The van der Waals surface area contributed by atoms with Crippen LogP contribution in [0, 0.1) is 0 Å². The summed E-state index contributed by atoms with van der Waals surface area (Å²) in [6.07, 6.45) is 10.4. The van der Waals surface area contributed by atoms with Crippen molar-refractivity contribution in [3.8, 4) is 11.4 Å². The van der Waals surface area contributed by atoms with Crippen molar-refractivity contribution in [1.29, 1.82) is 0 Å². The van der Waals surface area contributed by atoms with E-state index < -0.39 is 0 Å². The van der Waals surface area contributed by atoms with Crippen LogP contribution in [0.25, 0.3) is 11.3 Å². The van der Waals surface area contributed by atoms with Crippen LogP contribution in [0.1, 0.15) is 24.8 Å². The van der Waals surface area contributed by atoms with Gasteiger partial charge in [-0.25, -0.2) is 4.68 Å². The second-order valence-electron chi connectivity index (χ2n) is 7.20. The van der Waals surface area contributed by atoms with Crippen molar-refractivity contribution in [3.63, 3.8) is 0 Å². The first-order chi connectivity index (χ1) is 12.8. The standard InChI is InChI=1S/C21H28N4O/c1-26-21-6-4-20(5-7-21)25-17-19(16-22-25)18-8-12-24(13-9-18)15-14-23-10-2-3-11-23/h4-8,16-17H,2-3,9-15H2,1H3. The average Bonchev–Trinajstić information content (AvgIpc) is 3.39. The van der Waals surface area contributed by atoms with Gasteiger partial charge in [0, 0.05) is 37.9 Å². The number of hydrogen-bond acceptors (Lipinski definition) is 4. The number of hydrogen-bond donors (Lipinski definition) is 0.